The molecule has 0 radical (unpaired) electrons. The van der Waals surface area contributed by atoms with Crippen molar-refractivity contribution in [2.45, 2.75) is 19.4 Å². The van der Waals surface area contributed by atoms with E-state index in [9.17, 15) is 9.18 Å². The van der Waals surface area contributed by atoms with Gasteiger partial charge in [-0.1, -0.05) is 0 Å². The van der Waals surface area contributed by atoms with Crippen molar-refractivity contribution in [3.05, 3.63) is 28.8 Å². The Morgan fingerprint density at radius 1 is 1.37 bits per heavy atom. The molecular weight excluding hydrogens is 265 g/mol. The minimum atomic E-state index is -0.318. The molecule has 1 aromatic heterocycles. The molecule has 6 heteroatoms. The monoisotopic (exact) mass is 279 g/mol. The molecule has 0 aliphatic carbocycles. The van der Waals surface area contributed by atoms with E-state index in [2.05, 4.69) is 4.98 Å². The summed E-state index contributed by atoms with van der Waals surface area (Å²) >= 11 is 5.20. The van der Waals surface area contributed by atoms with E-state index in [1.54, 1.807) is 10.6 Å². The normalized spacial score (nSPS) is 15.3. The van der Waals surface area contributed by atoms with E-state index in [0.29, 0.717) is 10.3 Å². The second-order valence-corrected chi connectivity index (χ2v) is 5.15. The zero-order chi connectivity index (χ0) is 13.4. The van der Waals surface area contributed by atoms with Crippen molar-refractivity contribution in [1.29, 1.82) is 0 Å². The molecule has 1 N–H and O–H groups in total. The molecule has 2 heterocycles. The summed E-state index contributed by atoms with van der Waals surface area (Å²) in [6.45, 7) is 1.86. The SMILES string of the molecule is O=C(Cn1c(=S)[nH]c2cc(F)ccc21)N1CCCC1. The summed E-state index contributed by atoms with van der Waals surface area (Å²) in [4.78, 5) is 16.9. The second kappa shape index (κ2) is 4.77. The maximum Gasteiger partial charge on any atom is 0.242 e. The van der Waals surface area contributed by atoms with E-state index >= 15 is 0 Å². The van der Waals surface area contributed by atoms with Crippen molar-refractivity contribution in [3.63, 3.8) is 0 Å². The molecule has 3 rings (SSSR count). The predicted octanol–water partition coefficient (Wildman–Crippen LogP) is 2.46. The number of likely N-dealkylation sites (tertiary alicyclic amines) is 1. The lowest BCUT2D eigenvalue weighted by Crippen LogP contribution is -2.31. The number of nitrogens with one attached hydrogen (secondary N) is 1. The third-order valence-electron chi connectivity index (χ3n) is 3.49. The Bertz CT molecular complexity index is 685. The van der Waals surface area contributed by atoms with Crippen LogP contribution < -0.4 is 0 Å². The van der Waals surface area contributed by atoms with E-state index in [-0.39, 0.29) is 18.3 Å². The van der Waals surface area contributed by atoms with Gasteiger partial charge in [-0.25, -0.2) is 4.39 Å². The summed E-state index contributed by atoms with van der Waals surface area (Å²) in [5.74, 6) is -0.249. The third kappa shape index (κ3) is 2.28. The number of fused-ring (bicyclic) bond motifs is 1. The minimum Gasteiger partial charge on any atom is -0.341 e. The average Bonchev–Trinajstić information content (AvgIpc) is 2.98. The molecule has 1 aliphatic heterocycles. The van der Waals surface area contributed by atoms with Crippen molar-refractivity contribution < 1.29 is 9.18 Å². The van der Waals surface area contributed by atoms with Crippen LogP contribution in [0.15, 0.2) is 18.2 Å². The zero-order valence-corrected chi connectivity index (χ0v) is 11.2. The molecule has 2 aromatic rings. The number of aromatic nitrogens is 2. The Labute approximate surface area is 114 Å². The number of amides is 1. The maximum atomic E-state index is 13.1. The Morgan fingerprint density at radius 2 is 2.11 bits per heavy atom. The van der Waals surface area contributed by atoms with Crippen molar-refractivity contribution in [1.82, 2.24) is 14.5 Å². The first-order valence-electron chi connectivity index (χ1n) is 6.31. The first-order valence-corrected chi connectivity index (χ1v) is 6.72. The Kier molecular flexibility index (Phi) is 3.10. The molecule has 0 atom stereocenters. The number of halogens is 1. The van der Waals surface area contributed by atoms with Crippen molar-refractivity contribution in [2.24, 2.45) is 0 Å². The number of nitrogens with zero attached hydrogens (tertiary/aromatic N) is 2. The summed E-state index contributed by atoms with van der Waals surface area (Å²) in [5, 5.41) is 0. The fraction of sp³-hybridized carbons (Fsp3) is 0.385. The van der Waals surface area contributed by atoms with Gasteiger partial charge in [-0.15, -0.1) is 0 Å². The highest BCUT2D eigenvalue weighted by atomic mass is 32.1. The molecule has 1 amide bonds. The lowest BCUT2D eigenvalue weighted by molar-refractivity contribution is -0.130. The molecule has 0 saturated carbocycles. The van der Waals surface area contributed by atoms with Gasteiger partial charge in [0.15, 0.2) is 4.77 Å². The van der Waals surface area contributed by atoms with Crippen molar-refractivity contribution in [3.8, 4) is 0 Å². The number of hydrogen-bond donors (Lipinski definition) is 1. The van der Waals surface area contributed by atoms with Crippen LogP contribution in [-0.4, -0.2) is 33.4 Å². The smallest absolute Gasteiger partial charge is 0.242 e. The van der Waals surface area contributed by atoms with Gasteiger partial charge in [0.25, 0.3) is 0 Å². The fourth-order valence-electron chi connectivity index (χ4n) is 2.49. The largest absolute Gasteiger partial charge is 0.341 e. The highest BCUT2D eigenvalue weighted by Gasteiger charge is 2.19. The maximum absolute atomic E-state index is 13.1. The van der Waals surface area contributed by atoms with Gasteiger partial charge in [0.05, 0.1) is 11.0 Å². The molecular formula is C13H14FN3OS. The number of hydrogen-bond acceptors (Lipinski definition) is 2. The third-order valence-corrected chi connectivity index (χ3v) is 3.81. The van der Waals surface area contributed by atoms with Gasteiger partial charge in [-0.3, -0.25) is 4.79 Å². The molecule has 1 aliphatic rings. The van der Waals surface area contributed by atoms with Crippen LogP contribution in [0.2, 0.25) is 0 Å². The molecule has 1 aromatic carbocycles. The average molecular weight is 279 g/mol. The van der Waals surface area contributed by atoms with E-state index < -0.39 is 0 Å². The molecule has 0 bridgehead atoms. The summed E-state index contributed by atoms with van der Waals surface area (Å²) in [7, 11) is 0. The minimum absolute atomic E-state index is 0.0684. The molecule has 1 saturated heterocycles. The molecule has 1 fully saturated rings. The molecule has 100 valence electrons. The number of benzene rings is 1. The van der Waals surface area contributed by atoms with Gasteiger partial charge in [0.1, 0.15) is 12.4 Å². The Balaban J connectivity index is 1.94. The molecule has 4 nitrogen and oxygen atoms in total. The Hall–Kier alpha value is -1.69. The fourth-order valence-corrected chi connectivity index (χ4v) is 2.77. The topological polar surface area (TPSA) is 41.0 Å². The van der Waals surface area contributed by atoms with E-state index in [1.165, 1.54) is 12.1 Å². The standard InChI is InChI=1S/C13H14FN3OS/c14-9-3-4-11-10(7-9)15-13(19)17(11)8-12(18)16-5-1-2-6-16/h3-4,7H,1-2,5-6,8H2,(H,15,19). The van der Waals surface area contributed by atoms with Crippen LogP contribution in [0.25, 0.3) is 11.0 Å². The van der Waals surface area contributed by atoms with E-state index in [4.69, 9.17) is 12.2 Å². The van der Waals surface area contributed by atoms with Crippen molar-refractivity contribution in [2.75, 3.05) is 13.1 Å². The summed E-state index contributed by atoms with van der Waals surface area (Å²) < 4.78 is 15.3. The number of carbonyl (C=O) groups is 1. The van der Waals surface area contributed by atoms with Gasteiger partial charge in [0, 0.05) is 13.1 Å². The van der Waals surface area contributed by atoms with Crippen LogP contribution in [0, 0.1) is 10.6 Å². The van der Waals surface area contributed by atoms with Crippen LogP contribution >= 0.6 is 12.2 Å². The number of aromatic amines is 1. The summed E-state index contributed by atoms with van der Waals surface area (Å²) in [6.07, 6.45) is 2.13. The van der Waals surface area contributed by atoms with Gasteiger partial charge in [-0.2, -0.15) is 0 Å². The number of imidazole rings is 1. The highest BCUT2D eigenvalue weighted by Crippen LogP contribution is 2.16. The molecule has 19 heavy (non-hydrogen) atoms. The highest BCUT2D eigenvalue weighted by molar-refractivity contribution is 7.71. The molecule has 0 spiro atoms. The van der Waals surface area contributed by atoms with Crippen LogP contribution in [0.5, 0.6) is 0 Å². The van der Waals surface area contributed by atoms with Crippen LogP contribution in [0.3, 0.4) is 0 Å². The lowest BCUT2D eigenvalue weighted by atomic mass is 10.3. The number of H-pyrrole nitrogens is 1. The van der Waals surface area contributed by atoms with Crippen LogP contribution in [-0.2, 0) is 11.3 Å². The summed E-state index contributed by atoms with van der Waals surface area (Å²) in [5.41, 5.74) is 1.39. The van der Waals surface area contributed by atoms with Gasteiger partial charge >= 0.3 is 0 Å². The Morgan fingerprint density at radius 3 is 2.84 bits per heavy atom. The predicted molar refractivity (Wildman–Crippen MR) is 72.9 cm³/mol. The number of carbonyl (C=O) groups excluding carboxylic acids is 1. The van der Waals surface area contributed by atoms with Crippen LogP contribution in [0.1, 0.15) is 12.8 Å². The van der Waals surface area contributed by atoms with E-state index in [0.717, 1.165) is 31.4 Å². The van der Waals surface area contributed by atoms with Crippen molar-refractivity contribution >= 4 is 29.2 Å². The van der Waals surface area contributed by atoms with Gasteiger partial charge in [-0.05, 0) is 43.3 Å². The van der Waals surface area contributed by atoms with E-state index in [1.807, 2.05) is 4.90 Å². The molecule has 0 unspecified atom stereocenters. The van der Waals surface area contributed by atoms with Crippen LogP contribution in [0.4, 0.5) is 4.39 Å². The van der Waals surface area contributed by atoms with Gasteiger partial charge in [0.2, 0.25) is 5.91 Å². The first kappa shape index (κ1) is 12.3. The zero-order valence-electron chi connectivity index (χ0n) is 10.4. The quantitative estimate of drug-likeness (QED) is 0.858. The van der Waals surface area contributed by atoms with Gasteiger partial charge < -0.3 is 14.5 Å². The lowest BCUT2D eigenvalue weighted by Gasteiger charge is -2.15. The number of rotatable bonds is 2. The first-order chi connectivity index (χ1) is 9.15. The summed E-state index contributed by atoms with van der Waals surface area (Å²) in [6, 6.07) is 4.41. The second-order valence-electron chi connectivity index (χ2n) is 4.77.